The smallest absolute Gasteiger partial charge is 0.209 e. The molecular weight excluding hydrogens is 368 g/mol. The Labute approximate surface area is 120 Å². The molecule has 2 rings (SSSR count). The second kappa shape index (κ2) is 5.89. The highest BCUT2D eigenvalue weighted by atomic mass is 79.9. The molecule has 0 radical (unpaired) electrons. The fraction of sp³-hybridized carbons (Fsp3) is 0.0833. The van der Waals surface area contributed by atoms with Crippen molar-refractivity contribution in [3.05, 3.63) is 51.3 Å². The van der Waals surface area contributed by atoms with Crippen molar-refractivity contribution < 1.29 is 9.21 Å². The number of carbonyl (C=O) groups is 1. The number of ketones is 1. The van der Waals surface area contributed by atoms with E-state index in [9.17, 15) is 4.79 Å². The molecule has 1 aromatic carbocycles. The molecule has 0 N–H and O–H groups in total. The fourth-order valence-corrected chi connectivity index (χ4v) is 2.68. The molecule has 2 aromatic rings. The van der Waals surface area contributed by atoms with Crippen LogP contribution < -0.4 is 0 Å². The summed E-state index contributed by atoms with van der Waals surface area (Å²) in [4.78, 5) is 12.9. The zero-order chi connectivity index (χ0) is 12.3. The van der Waals surface area contributed by atoms with E-state index >= 15 is 0 Å². The summed E-state index contributed by atoms with van der Waals surface area (Å²) in [5, 5.41) is 0. The topological polar surface area (TPSA) is 30.2 Å². The second-order valence-electron chi connectivity index (χ2n) is 3.26. The molecule has 2 nitrogen and oxygen atoms in total. The lowest BCUT2D eigenvalue weighted by Crippen LogP contribution is -2.01. The zero-order valence-electron chi connectivity index (χ0n) is 8.65. The van der Waals surface area contributed by atoms with Gasteiger partial charge in [0, 0.05) is 9.37 Å². The van der Waals surface area contributed by atoms with Crippen LogP contribution in [0.15, 0.2) is 54.9 Å². The van der Waals surface area contributed by atoms with E-state index in [0.29, 0.717) is 16.0 Å². The van der Waals surface area contributed by atoms with Gasteiger partial charge in [0.25, 0.3) is 0 Å². The Morgan fingerprint density at radius 2 is 1.88 bits per heavy atom. The highest BCUT2D eigenvalue weighted by Crippen LogP contribution is 2.24. The van der Waals surface area contributed by atoms with Gasteiger partial charge in [-0.2, -0.15) is 0 Å². The Morgan fingerprint density at radius 3 is 2.47 bits per heavy atom. The predicted octanol–water partition coefficient (Wildman–Crippen LogP) is 4.78. The van der Waals surface area contributed by atoms with Gasteiger partial charge in [-0.15, -0.1) is 11.8 Å². The molecule has 1 heterocycles. The fourth-order valence-electron chi connectivity index (χ4n) is 1.24. The third-order valence-corrected chi connectivity index (χ3v) is 4.22. The van der Waals surface area contributed by atoms with Gasteiger partial charge in [0.05, 0.1) is 16.5 Å². The van der Waals surface area contributed by atoms with Gasteiger partial charge >= 0.3 is 0 Å². The molecule has 88 valence electrons. The van der Waals surface area contributed by atoms with E-state index in [2.05, 4.69) is 31.9 Å². The third kappa shape index (κ3) is 3.47. The highest BCUT2D eigenvalue weighted by molar-refractivity contribution is 9.10. The molecule has 0 saturated heterocycles. The van der Waals surface area contributed by atoms with E-state index in [-0.39, 0.29) is 5.78 Å². The van der Waals surface area contributed by atoms with Gasteiger partial charge in [-0.1, -0.05) is 15.9 Å². The van der Waals surface area contributed by atoms with Gasteiger partial charge in [0.15, 0.2) is 5.76 Å². The number of furan rings is 1. The minimum atomic E-state index is -0.0187. The summed E-state index contributed by atoms with van der Waals surface area (Å²) < 4.78 is 6.85. The Hall–Kier alpha value is -0.520. The number of hydrogen-bond donors (Lipinski definition) is 0. The number of rotatable bonds is 4. The van der Waals surface area contributed by atoms with Crippen LogP contribution in [0, 0.1) is 0 Å². The van der Waals surface area contributed by atoms with E-state index in [4.69, 9.17) is 4.42 Å². The van der Waals surface area contributed by atoms with Gasteiger partial charge in [0.1, 0.15) is 0 Å². The van der Waals surface area contributed by atoms with Gasteiger partial charge in [0.2, 0.25) is 5.78 Å². The Balaban J connectivity index is 1.97. The van der Waals surface area contributed by atoms with Crippen molar-refractivity contribution in [3.8, 4) is 0 Å². The minimum Gasteiger partial charge on any atom is -0.460 e. The average Bonchev–Trinajstić information content (AvgIpc) is 2.74. The first kappa shape index (κ1) is 12.9. The quantitative estimate of drug-likeness (QED) is 0.569. The van der Waals surface area contributed by atoms with Crippen molar-refractivity contribution in [2.75, 3.05) is 5.75 Å². The molecule has 5 heteroatoms. The molecule has 0 aliphatic carbocycles. The molecule has 0 unspecified atom stereocenters. The van der Waals surface area contributed by atoms with Crippen molar-refractivity contribution in [2.45, 2.75) is 4.90 Å². The SMILES string of the molecule is O=C(CSc1ccc(Br)cc1)c1occc1Br. The molecule has 0 amide bonds. The molecule has 0 aliphatic rings. The molecule has 0 aliphatic heterocycles. The van der Waals surface area contributed by atoms with Crippen LogP contribution in [-0.2, 0) is 0 Å². The van der Waals surface area contributed by atoms with Crippen molar-refractivity contribution >= 4 is 49.4 Å². The van der Waals surface area contributed by atoms with Gasteiger partial charge in [-0.3, -0.25) is 4.79 Å². The Bertz CT molecular complexity index is 520. The van der Waals surface area contributed by atoms with Gasteiger partial charge < -0.3 is 4.42 Å². The van der Waals surface area contributed by atoms with E-state index in [1.807, 2.05) is 24.3 Å². The standard InChI is InChI=1S/C12H8Br2O2S/c13-8-1-3-9(4-2-8)17-7-11(15)12-10(14)5-6-16-12/h1-6H,7H2. The molecule has 0 fully saturated rings. The van der Waals surface area contributed by atoms with E-state index in [1.165, 1.54) is 18.0 Å². The van der Waals surface area contributed by atoms with E-state index in [0.717, 1.165) is 9.37 Å². The van der Waals surface area contributed by atoms with Gasteiger partial charge in [-0.25, -0.2) is 0 Å². The minimum absolute atomic E-state index is 0.0187. The lowest BCUT2D eigenvalue weighted by Gasteiger charge is -2.00. The van der Waals surface area contributed by atoms with Crippen LogP contribution in [0.3, 0.4) is 0 Å². The number of hydrogen-bond acceptors (Lipinski definition) is 3. The number of thioether (sulfide) groups is 1. The molecule has 17 heavy (non-hydrogen) atoms. The summed E-state index contributed by atoms with van der Waals surface area (Å²) in [6, 6.07) is 9.57. The maximum Gasteiger partial charge on any atom is 0.209 e. The molecule has 1 aromatic heterocycles. The summed E-state index contributed by atoms with van der Waals surface area (Å²) in [5.41, 5.74) is 0. The molecular formula is C12H8Br2O2S. The van der Waals surface area contributed by atoms with Crippen LogP contribution in [-0.4, -0.2) is 11.5 Å². The zero-order valence-corrected chi connectivity index (χ0v) is 12.6. The number of halogens is 2. The molecule has 0 spiro atoms. The van der Waals surface area contributed by atoms with Crippen molar-refractivity contribution in [3.63, 3.8) is 0 Å². The number of Topliss-reactive ketones (excluding diaryl/α,β-unsaturated/α-hetero) is 1. The van der Waals surface area contributed by atoms with E-state index < -0.39 is 0 Å². The maximum absolute atomic E-state index is 11.8. The molecule has 0 atom stereocenters. The first-order valence-electron chi connectivity index (χ1n) is 4.81. The van der Waals surface area contributed by atoms with Crippen LogP contribution in [0.1, 0.15) is 10.6 Å². The number of benzene rings is 1. The number of carbonyl (C=O) groups excluding carboxylic acids is 1. The van der Waals surface area contributed by atoms with Crippen LogP contribution in [0.4, 0.5) is 0 Å². The second-order valence-corrected chi connectivity index (χ2v) is 6.08. The summed E-state index contributed by atoms with van der Waals surface area (Å²) in [6.07, 6.45) is 1.50. The predicted molar refractivity (Wildman–Crippen MR) is 75.6 cm³/mol. The van der Waals surface area contributed by atoms with Crippen LogP contribution in [0.2, 0.25) is 0 Å². The van der Waals surface area contributed by atoms with Crippen LogP contribution >= 0.6 is 43.6 Å². The molecule has 0 bridgehead atoms. The lowest BCUT2D eigenvalue weighted by atomic mass is 10.3. The van der Waals surface area contributed by atoms with E-state index in [1.54, 1.807) is 6.07 Å². The summed E-state index contributed by atoms with van der Waals surface area (Å²) in [7, 11) is 0. The van der Waals surface area contributed by atoms with Crippen molar-refractivity contribution in [2.24, 2.45) is 0 Å². The Morgan fingerprint density at radius 1 is 1.18 bits per heavy atom. The largest absolute Gasteiger partial charge is 0.460 e. The van der Waals surface area contributed by atoms with Crippen molar-refractivity contribution in [1.82, 2.24) is 0 Å². The normalized spacial score (nSPS) is 10.5. The van der Waals surface area contributed by atoms with Gasteiger partial charge in [-0.05, 0) is 46.3 Å². The first-order chi connectivity index (χ1) is 8.16. The van der Waals surface area contributed by atoms with Crippen LogP contribution in [0.25, 0.3) is 0 Å². The average molecular weight is 376 g/mol. The maximum atomic E-state index is 11.8. The third-order valence-electron chi connectivity index (χ3n) is 2.05. The summed E-state index contributed by atoms with van der Waals surface area (Å²) >= 11 is 8.13. The van der Waals surface area contributed by atoms with Crippen LogP contribution in [0.5, 0.6) is 0 Å². The summed E-state index contributed by atoms with van der Waals surface area (Å²) in [5.74, 6) is 0.734. The monoisotopic (exact) mass is 374 g/mol. The first-order valence-corrected chi connectivity index (χ1v) is 7.38. The molecule has 0 saturated carbocycles. The lowest BCUT2D eigenvalue weighted by molar-refractivity contribution is 0.0991. The summed E-state index contributed by atoms with van der Waals surface area (Å²) in [6.45, 7) is 0. The Kier molecular flexibility index (Phi) is 4.48. The van der Waals surface area contributed by atoms with Crippen molar-refractivity contribution in [1.29, 1.82) is 0 Å². The highest BCUT2D eigenvalue weighted by Gasteiger charge is 2.13.